The van der Waals surface area contributed by atoms with E-state index < -0.39 is 0 Å². The normalized spacial score (nSPS) is 22.2. The van der Waals surface area contributed by atoms with Crippen molar-refractivity contribution >= 4 is 0 Å². The number of rotatable bonds is 5. The van der Waals surface area contributed by atoms with Crippen LogP contribution in [0, 0.1) is 5.92 Å². The standard InChI is InChI=1S/C13H28N2/c1-11(2)14-8-5-13(4)15-9-6-12(3)7-10-15/h11-14H,5-10H2,1-4H3. The molecule has 15 heavy (non-hydrogen) atoms. The Hall–Kier alpha value is -0.0800. The van der Waals surface area contributed by atoms with Gasteiger partial charge < -0.3 is 10.2 Å². The molecule has 1 heterocycles. The second-order valence-corrected chi connectivity index (χ2v) is 5.47. The molecule has 0 aromatic carbocycles. The van der Waals surface area contributed by atoms with Gasteiger partial charge in [-0.25, -0.2) is 0 Å². The van der Waals surface area contributed by atoms with Gasteiger partial charge in [0, 0.05) is 12.1 Å². The van der Waals surface area contributed by atoms with Gasteiger partial charge >= 0.3 is 0 Å². The monoisotopic (exact) mass is 212 g/mol. The van der Waals surface area contributed by atoms with Crippen LogP contribution in [-0.2, 0) is 0 Å². The van der Waals surface area contributed by atoms with E-state index in [1.807, 2.05) is 0 Å². The molecule has 1 atom stereocenters. The van der Waals surface area contributed by atoms with Crippen molar-refractivity contribution in [1.82, 2.24) is 10.2 Å². The van der Waals surface area contributed by atoms with Crippen LogP contribution in [0.15, 0.2) is 0 Å². The molecule has 0 radical (unpaired) electrons. The molecule has 1 rings (SSSR count). The first kappa shape index (κ1) is 13.0. The van der Waals surface area contributed by atoms with Crippen LogP contribution in [0.2, 0.25) is 0 Å². The van der Waals surface area contributed by atoms with E-state index in [9.17, 15) is 0 Å². The van der Waals surface area contributed by atoms with Crippen molar-refractivity contribution in [1.29, 1.82) is 0 Å². The largest absolute Gasteiger partial charge is 0.314 e. The fraction of sp³-hybridized carbons (Fsp3) is 1.00. The summed E-state index contributed by atoms with van der Waals surface area (Å²) in [6.07, 6.45) is 4.07. The van der Waals surface area contributed by atoms with Crippen molar-refractivity contribution in [2.75, 3.05) is 19.6 Å². The zero-order chi connectivity index (χ0) is 11.3. The molecule has 90 valence electrons. The van der Waals surface area contributed by atoms with E-state index in [-0.39, 0.29) is 0 Å². The molecule has 0 saturated carbocycles. The molecule has 1 unspecified atom stereocenters. The summed E-state index contributed by atoms with van der Waals surface area (Å²) >= 11 is 0. The molecule has 0 bridgehead atoms. The van der Waals surface area contributed by atoms with E-state index in [2.05, 4.69) is 37.9 Å². The second kappa shape index (κ2) is 6.49. The van der Waals surface area contributed by atoms with Crippen molar-refractivity contribution in [2.24, 2.45) is 5.92 Å². The Bertz CT molecular complexity index is 160. The maximum absolute atomic E-state index is 3.50. The van der Waals surface area contributed by atoms with Crippen LogP contribution in [-0.4, -0.2) is 36.6 Å². The molecule has 0 spiro atoms. The number of hydrogen-bond acceptors (Lipinski definition) is 2. The molecular formula is C13H28N2. The van der Waals surface area contributed by atoms with Gasteiger partial charge in [-0.05, 0) is 51.7 Å². The molecular weight excluding hydrogens is 184 g/mol. The van der Waals surface area contributed by atoms with Crippen LogP contribution in [0.4, 0.5) is 0 Å². The van der Waals surface area contributed by atoms with E-state index in [0.29, 0.717) is 6.04 Å². The molecule has 1 aliphatic heterocycles. The maximum atomic E-state index is 3.50. The van der Waals surface area contributed by atoms with Crippen LogP contribution < -0.4 is 5.32 Å². The lowest BCUT2D eigenvalue weighted by atomic mass is 9.97. The third-order valence-electron chi connectivity index (χ3n) is 3.56. The summed E-state index contributed by atoms with van der Waals surface area (Å²) in [7, 11) is 0. The van der Waals surface area contributed by atoms with Crippen molar-refractivity contribution in [3.63, 3.8) is 0 Å². The Kier molecular flexibility index (Phi) is 5.62. The Morgan fingerprint density at radius 2 is 1.80 bits per heavy atom. The van der Waals surface area contributed by atoms with E-state index in [1.54, 1.807) is 0 Å². The highest BCUT2D eigenvalue weighted by Gasteiger charge is 2.19. The third-order valence-corrected chi connectivity index (χ3v) is 3.56. The van der Waals surface area contributed by atoms with Gasteiger partial charge in [0.25, 0.3) is 0 Å². The van der Waals surface area contributed by atoms with Crippen LogP contribution in [0.3, 0.4) is 0 Å². The number of nitrogens with one attached hydrogen (secondary N) is 1. The molecule has 1 N–H and O–H groups in total. The molecule has 2 nitrogen and oxygen atoms in total. The quantitative estimate of drug-likeness (QED) is 0.753. The van der Waals surface area contributed by atoms with E-state index in [4.69, 9.17) is 0 Å². The number of hydrogen-bond donors (Lipinski definition) is 1. The number of piperidine rings is 1. The fourth-order valence-corrected chi connectivity index (χ4v) is 2.23. The SMILES string of the molecule is CC1CCN(C(C)CCNC(C)C)CC1. The summed E-state index contributed by atoms with van der Waals surface area (Å²) in [5.41, 5.74) is 0. The summed E-state index contributed by atoms with van der Waals surface area (Å²) in [5.74, 6) is 0.947. The summed E-state index contributed by atoms with van der Waals surface area (Å²) < 4.78 is 0. The summed E-state index contributed by atoms with van der Waals surface area (Å²) in [6, 6.07) is 1.38. The van der Waals surface area contributed by atoms with Gasteiger partial charge in [0.1, 0.15) is 0 Å². The van der Waals surface area contributed by atoms with Gasteiger partial charge in [0.05, 0.1) is 0 Å². The van der Waals surface area contributed by atoms with Crippen LogP contribution >= 0.6 is 0 Å². The second-order valence-electron chi connectivity index (χ2n) is 5.47. The Labute approximate surface area is 95.4 Å². The third kappa shape index (κ3) is 4.98. The maximum Gasteiger partial charge on any atom is 0.00790 e. The number of nitrogens with zero attached hydrogens (tertiary/aromatic N) is 1. The molecule has 0 aromatic rings. The smallest absolute Gasteiger partial charge is 0.00790 e. The predicted molar refractivity (Wildman–Crippen MR) is 67.2 cm³/mol. The first-order valence-electron chi connectivity index (χ1n) is 6.57. The highest BCUT2D eigenvalue weighted by Crippen LogP contribution is 2.18. The number of likely N-dealkylation sites (tertiary alicyclic amines) is 1. The minimum Gasteiger partial charge on any atom is -0.314 e. The Balaban J connectivity index is 2.13. The van der Waals surface area contributed by atoms with Crippen molar-refractivity contribution in [2.45, 2.75) is 59.0 Å². The minimum atomic E-state index is 0.624. The fourth-order valence-electron chi connectivity index (χ4n) is 2.23. The summed E-state index contributed by atoms with van der Waals surface area (Å²) in [5, 5.41) is 3.50. The zero-order valence-corrected chi connectivity index (χ0v) is 10.9. The lowest BCUT2D eigenvalue weighted by Crippen LogP contribution is -2.41. The Morgan fingerprint density at radius 3 is 2.33 bits per heavy atom. The first-order chi connectivity index (χ1) is 7.09. The van der Waals surface area contributed by atoms with Gasteiger partial charge in [-0.1, -0.05) is 20.8 Å². The molecule has 0 aromatic heterocycles. The Morgan fingerprint density at radius 1 is 1.20 bits per heavy atom. The molecule has 1 fully saturated rings. The lowest BCUT2D eigenvalue weighted by Gasteiger charge is -2.35. The van der Waals surface area contributed by atoms with Gasteiger partial charge in [0.15, 0.2) is 0 Å². The minimum absolute atomic E-state index is 0.624. The lowest BCUT2D eigenvalue weighted by molar-refractivity contribution is 0.140. The first-order valence-corrected chi connectivity index (χ1v) is 6.57. The zero-order valence-electron chi connectivity index (χ0n) is 10.9. The van der Waals surface area contributed by atoms with Gasteiger partial charge in [-0.15, -0.1) is 0 Å². The average molecular weight is 212 g/mol. The highest BCUT2D eigenvalue weighted by molar-refractivity contribution is 4.75. The van der Waals surface area contributed by atoms with Crippen molar-refractivity contribution in [3.8, 4) is 0 Å². The summed E-state index contributed by atoms with van der Waals surface area (Å²) in [6.45, 7) is 13.0. The molecule has 1 aliphatic rings. The summed E-state index contributed by atoms with van der Waals surface area (Å²) in [4.78, 5) is 2.65. The van der Waals surface area contributed by atoms with E-state index in [1.165, 1.54) is 32.4 Å². The van der Waals surface area contributed by atoms with Gasteiger partial charge in [0.2, 0.25) is 0 Å². The van der Waals surface area contributed by atoms with Gasteiger partial charge in [-0.3, -0.25) is 0 Å². The van der Waals surface area contributed by atoms with Crippen molar-refractivity contribution < 1.29 is 0 Å². The van der Waals surface area contributed by atoms with Crippen LogP contribution in [0.25, 0.3) is 0 Å². The van der Waals surface area contributed by atoms with Crippen LogP contribution in [0.5, 0.6) is 0 Å². The van der Waals surface area contributed by atoms with E-state index in [0.717, 1.165) is 18.5 Å². The van der Waals surface area contributed by atoms with Crippen LogP contribution in [0.1, 0.15) is 47.0 Å². The van der Waals surface area contributed by atoms with Gasteiger partial charge in [-0.2, -0.15) is 0 Å². The topological polar surface area (TPSA) is 15.3 Å². The van der Waals surface area contributed by atoms with Crippen molar-refractivity contribution in [3.05, 3.63) is 0 Å². The molecule has 0 aliphatic carbocycles. The van der Waals surface area contributed by atoms with E-state index >= 15 is 0 Å². The average Bonchev–Trinajstić information content (AvgIpc) is 2.18. The molecule has 2 heteroatoms. The highest BCUT2D eigenvalue weighted by atomic mass is 15.2. The molecule has 1 saturated heterocycles. The molecule has 0 amide bonds. The predicted octanol–water partition coefficient (Wildman–Crippen LogP) is 2.49.